The third-order valence-corrected chi connectivity index (χ3v) is 7.30. The van der Waals surface area contributed by atoms with Crippen molar-refractivity contribution in [3.8, 4) is 16.3 Å². The van der Waals surface area contributed by atoms with Crippen molar-refractivity contribution in [3.05, 3.63) is 52.3 Å². The molecule has 1 aliphatic heterocycles. The minimum atomic E-state index is -4.71. The van der Waals surface area contributed by atoms with Crippen LogP contribution in [0.1, 0.15) is 40.0 Å². The van der Waals surface area contributed by atoms with Crippen molar-refractivity contribution in [2.24, 2.45) is 5.92 Å². The molecular weight excluding hydrogens is 529 g/mol. The molecule has 0 bridgehead atoms. The van der Waals surface area contributed by atoms with Gasteiger partial charge in [-0.2, -0.15) is 18.2 Å². The first-order chi connectivity index (χ1) is 17.8. The summed E-state index contributed by atoms with van der Waals surface area (Å²) in [6.07, 6.45) is -4.58. The van der Waals surface area contributed by atoms with Crippen molar-refractivity contribution in [1.82, 2.24) is 19.9 Å². The van der Waals surface area contributed by atoms with Gasteiger partial charge in [-0.25, -0.2) is 18.7 Å². The number of benzene rings is 1. The number of alkyl halides is 5. The summed E-state index contributed by atoms with van der Waals surface area (Å²) in [5.41, 5.74) is 0.672. The second-order valence-electron chi connectivity index (χ2n) is 9.31. The number of ether oxygens (including phenoxy) is 1. The van der Waals surface area contributed by atoms with Crippen molar-refractivity contribution in [1.29, 1.82) is 0 Å². The molecule has 204 valence electrons. The number of hydrogen-bond acceptors (Lipinski definition) is 7. The average Bonchev–Trinajstić information content (AvgIpc) is 3.23. The Balaban J connectivity index is 1.63. The predicted molar refractivity (Wildman–Crippen MR) is 133 cm³/mol. The van der Waals surface area contributed by atoms with E-state index in [1.807, 2.05) is 31.2 Å². The van der Waals surface area contributed by atoms with Crippen LogP contribution in [0.5, 0.6) is 5.88 Å². The van der Waals surface area contributed by atoms with E-state index in [4.69, 9.17) is 4.74 Å². The van der Waals surface area contributed by atoms with Gasteiger partial charge in [0.15, 0.2) is 0 Å². The number of likely N-dealkylation sites (tertiary alicyclic amines) is 1. The van der Waals surface area contributed by atoms with Crippen molar-refractivity contribution in [2.45, 2.75) is 45.3 Å². The highest BCUT2D eigenvalue weighted by Gasteiger charge is 2.47. The molecule has 0 spiro atoms. The third-order valence-electron chi connectivity index (χ3n) is 6.28. The van der Waals surface area contributed by atoms with Crippen LogP contribution in [0.25, 0.3) is 10.4 Å². The molecule has 3 aromatic rings. The number of piperidine rings is 1. The quantitative estimate of drug-likeness (QED) is 0.385. The number of thiazole rings is 1. The average molecular weight is 556 g/mol. The van der Waals surface area contributed by atoms with E-state index in [-0.39, 0.29) is 18.2 Å². The maximum absolute atomic E-state index is 14.7. The van der Waals surface area contributed by atoms with Crippen LogP contribution in [0.4, 0.5) is 27.9 Å². The summed E-state index contributed by atoms with van der Waals surface area (Å²) in [6, 6.07) is 6.75. The van der Waals surface area contributed by atoms with Crippen LogP contribution in [-0.2, 0) is 6.18 Å². The van der Waals surface area contributed by atoms with E-state index in [1.54, 1.807) is 13.8 Å². The third kappa shape index (κ3) is 5.87. The molecule has 7 nitrogen and oxygen atoms in total. The lowest BCUT2D eigenvalue weighted by Gasteiger charge is -2.43. The summed E-state index contributed by atoms with van der Waals surface area (Å²) < 4.78 is 73.5. The SMILES string of the molecule is COc1nc(NC[C@@H]2[C@H](C)CC(F)(F)CN2C(=O)c2nc(C)sc2-c2cccc(C)c2)ncc1C(F)(F)F. The number of hydrogen-bond donors (Lipinski definition) is 1. The molecule has 1 aliphatic rings. The normalized spacial score (nSPS) is 19.3. The Hall–Kier alpha value is -3.35. The first kappa shape index (κ1) is 27.7. The smallest absolute Gasteiger partial charge is 0.423 e. The maximum atomic E-state index is 14.7. The van der Waals surface area contributed by atoms with E-state index in [0.717, 1.165) is 23.1 Å². The Morgan fingerprint density at radius 1 is 1.26 bits per heavy atom. The number of aryl methyl sites for hydroxylation is 2. The van der Waals surface area contributed by atoms with Crippen molar-refractivity contribution in [3.63, 3.8) is 0 Å². The van der Waals surface area contributed by atoms with Crippen LogP contribution in [0, 0.1) is 19.8 Å². The fraction of sp³-hybridized carbons (Fsp3) is 0.440. The van der Waals surface area contributed by atoms with Gasteiger partial charge in [-0.3, -0.25) is 4.79 Å². The Morgan fingerprint density at radius 3 is 2.66 bits per heavy atom. The van der Waals surface area contributed by atoms with Crippen LogP contribution in [0.15, 0.2) is 30.5 Å². The standard InChI is InChI=1S/C25H26F5N5O2S/c1-13-6-5-7-16(8-13)20-19(33-15(3)38-20)22(36)35-12-24(26,27)9-14(2)18(35)11-32-23-31-10-17(25(28,29)30)21(34-23)37-4/h5-8,10,14,18H,9,11-12H2,1-4H3,(H,31,32,34)/t14-,18-/m1/s1. The number of nitrogens with zero attached hydrogens (tertiary/aromatic N) is 4. The van der Waals surface area contributed by atoms with Crippen LogP contribution in [0.3, 0.4) is 0 Å². The highest BCUT2D eigenvalue weighted by Crippen LogP contribution is 2.38. The van der Waals surface area contributed by atoms with Gasteiger partial charge in [0.1, 0.15) is 11.3 Å². The zero-order valence-electron chi connectivity index (χ0n) is 21.1. The Labute approximate surface area is 220 Å². The summed E-state index contributed by atoms with van der Waals surface area (Å²) in [5, 5.41) is 3.41. The summed E-state index contributed by atoms with van der Waals surface area (Å²) >= 11 is 1.30. The van der Waals surface area contributed by atoms with Gasteiger partial charge in [0.25, 0.3) is 11.8 Å². The molecule has 1 fully saturated rings. The molecule has 0 radical (unpaired) electrons. The molecule has 3 heterocycles. The Bertz CT molecular complexity index is 1330. The van der Waals surface area contributed by atoms with Gasteiger partial charge in [0, 0.05) is 19.2 Å². The molecule has 1 aromatic carbocycles. The molecule has 2 aromatic heterocycles. The first-order valence-electron chi connectivity index (χ1n) is 11.7. The second kappa shape index (κ2) is 10.4. The molecule has 13 heteroatoms. The zero-order valence-corrected chi connectivity index (χ0v) is 21.9. The van der Waals surface area contributed by atoms with Crippen molar-refractivity contribution >= 4 is 23.2 Å². The fourth-order valence-corrected chi connectivity index (χ4v) is 5.47. The minimum Gasteiger partial charge on any atom is -0.480 e. The number of methoxy groups -OCH3 is 1. The van der Waals surface area contributed by atoms with Gasteiger partial charge in [-0.05, 0) is 25.3 Å². The van der Waals surface area contributed by atoms with Crippen LogP contribution in [-0.4, -0.2) is 57.9 Å². The number of carbonyl (C=O) groups excluding carboxylic acids is 1. The molecule has 1 amide bonds. The molecule has 4 rings (SSSR count). The monoisotopic (exact) mass is 555 g/mol. The van der Waals surface area contributed by atoms with Crippen LogP contribution < -0.4 is 10.1 Å². The molecular formula is C25H26F5N5O2S. The van der Waals surface area contributed by atoms with E-state index >= 15 is 0 Å². The molecule has 1 N–H and O–H groups in total. The van der Waals surface area contributed by atoms with E-state index in [9.17, 15) is 26.7 Å². The van der Waals surface area contributed by atoms with E-state index in [0.29, 0.717) is 16.1 Å². The molecule has 0 saturated carbocycles. The van der Waals surface area contributed by atoms with Crippen LogP contribution >= 0.6 is 11.3 Å². The van der Waals surface area contributed by atoms with Gasteiger partial charge in [-0.15, -0.1) is 11.3 Å². The Morgan fingerprint density at radius 2 is 2.00 bits per heavy atom. The van der Waals surface area contributed by atoms with Crippen molar-refractivity contribution < 1.29 is 31.5 Å². The summed E-state index contributed by atoms with van der Waals surface area (Å²) in [5.74, 6) is -5.26. The molecule has 38 heavy (non-hydrogen) atoms. The number of rotatable bonds is 6. The summed E-state index contributed by atoms with van der Waals surface area (Å²) in [6.45, 7) is 4.36. The predicted octanol–water partition coefficient (Wildman–Crippen LogP) is 5.84. The van der Waals surface area contributed by atoms with E-state index in [2.05, 4.69) is 20.3 Å². The van der Waals surface area contributed by atoms with E-state index in [1.165, 1.54) is 11.3 Å². The van der Waals surface area contributed by atoms with Gasteiger partial charge >= 0.3 is 6.18 Å². The largest absolute Gasteiger partial charge is 0.480 e. The van der Waals surface area contributed by atoms with Crippen molar-refractivity contribution in [2.75, 3.05) is 25.5 Å². The number of nitrogens with one attached hydrogen (secondary N) is 1. The minimum absolute atomic E-state index is 0.0690. The Kier molecular flexibility index (Phi) is 7.60. The fourth-order valence-electron chi connectivity index (χ4n) is 4.57. The van der Waals surface area contributed by atoms with Crippen LogP contribution in [0.2, 0.25) is 0 Å². The summed E-state index contributed by atoms with van der Waals surface area (Å²) in [7, 11) is 1.05. The highest BCUT2D eigenvalue weighted by molar-refractivity contribution is 7.15. The zero-order chi connectivity index (χ0) is 27.8. The van der Waals surface area contributed by atoms with Gasteiger partial charge < -0.3 is 15.0 Å². The molecule has 0 aliphatic carbocycles. The number of halogens is 5. The number of carbonyl (C=O) groups is 1. The van der Waals surface area contributed by atoms with Gasteiger partial charge in [0.05, 0.1) is 29.6 Å². The molecule has 0 unspecified atom stereocenters. The topological polar surface area (TPSA) is 80.2 Å². The molecule has 1 saturated heterocycles. The number of aromatic nitrogens is 3. The lowest BCUT2D eigenvalue weighted by Crippen LogP contribution is -2.57. The first-order valence-corrected chi connectivity index (χ1v) is 12.6. The lowest BCUT2D eigenvalue weighted by atomic mass is 9.88. The number of amides is 1. The molecule has 2 atom stereocenters. The van der Waals surface area contributed by atoms with Gasteiger partial charge in [0.2, 0.25) is 11.8 Å². The second-order valence-corrected chi connectivity index (χ2v) is 10.5. The van der Waals surface area contributed by atoms with Gasteiger partial charge in [-0.1, -0.05) is 36.8 Å². The summed E-state index contributed by atoms with van der Waals surface area (Å²) in [4.78, 5) is 27.3. The maximum Gasteiger partial charge on any atom is 0.423 e. The number of anilines is 1. The van der Waals surface area contributed by atoms with E-state index < -0.39 is 54.4 Å². The highest BCUT2D eigenvalue weighted by atomic mass is 32.1. The lowest BCUT2D eigenvalue weighted by molar-refractivity contribution is -0.139.